The second kappa shape index (κ2) is 7.63. The maximum Gasteiger partial charge on any atom is 0.224 e. The molecule has 1 heterocycles. The first-order valence-electron chi connectivity index (χ1n) is 10.0. The van der Waals surface area contributed by atoms with Gasteiger partial charge in [-0.3, -0.25) is 4.79 Å². The molecule has 1 aliphatic rings. The van der Waals surface area contributed by atoms with Gasteiger partial charge in [0.15, 0.2) is 0 Å². The summed E-state index contributed by atoms with van der Waals surface area (Å²) >= 11 is 0. The van der Waals surface area contributed by atoms with Gasteiger partial charge in [0, 0.05) is 11.3 Å². The average Bonchev–Trinajstić information content (AvgIpc) is 3.08. The highest BCUT2D eigenvalue weighted by Crippen LogP contribution is 2.31. The first-order valence-corrected chi connectivity index (χ1v) is 10.0. The van der Waals surface area contributed by atoms with Gasteiger partial charge in [-0.1, -0.05) is 30.3 Å². The highest BCUT2D eigenvalue weighted by Gasteiger charge is 2.26. The maximum atomic E-state index is 12.7. The number of nitrogens with one attached hydrogen (secondary N) is 1. The molecule has 144 valence electrons. The number of amides is 1. The third-order valence-electron chi connectivity index (χ3n) is 5.58. The number of aromatic nitrogens is 2. The smallest absolute Gasteiger partial charge is 0.224 e. The van der Waals surface area contributed by atoms with Gasteiger partial charge in [0.05, 0.1) is 24.3 Å². The summed E-state index contributed by atoms with van der Waals surface area (Å²) in [5.41, 5.74) is 8.19. The van der Waals surface area contributed by atoms with E-state index in [2.05, 4.69) is 60.1 Å². The summed E-state index contributed by atoms with van der Waals surface area (Å²) in [6.07, 6.45) is 5.37. The molecule has 1 amide bonds. The van der Waals surface area contributed by atoms with Crippen LogP contribution in [0.15, 0.2) is 48.7 Å². The summed E-state index contributed by atoms with van der Waals surface area (Å²) in [4.78, 5) is 12.7. The van der Waals surface area contributed by atoms with Crippen molar-refractivity contribution < 1.29 is 4.79 Å². The van der Waals surface area contributed by atoms with Crippen molar-refractivity contribution in [1.29, 1.82) is 0 Å². The zero-order valence-corrected chi connectivity index (χ0v) is 16.8. The summed E-state index contributed by atoms with van der Waals surface area (Å²) in [5, 5.41) is 7.92. The molecule has 4 nitrogen and oxygen atoms in total. The number of benzene rings is 2. The van der Waals surface area contributed by atoms with Crippen LogP contribution in [0.5, 0.6) is 0 Å². The van der Waals surface area contributed by atoms with Gasteiger partial charge in [0.25, 0.3) is 0 Å². The van der Waals surface area contributed by atoms with Crippen LogP contribution in [-0.4, -0.2) is 15.7 Å². The van der Waals surface area contributed by atoms with Crippen LogP contribution in [0.25, 0.3) is 5.69 Å². The molecule has 0 saturated carbocycles. The molecule has 1 atom stereocenters. The van der Waals surface area contributed by atoms with E-state index in [9.17, 15) is 4.79 Å². The molecule has 1 aliphatic carbocycles. The summed E-state index contributed by atoms with van der Waals surface area (Å²) in [6, 6.07) is 14.6. The zero-order valence-electron chi connectivity index (χ0n) is 16.8. The fraction of sp³-hybridized carbons (Fsp3) is 0.333. The lowest BCUT2D eigenvalue weighted by Crippen LogP contribution is -2.32. The van der Waals surface area contributed by atoms with Gasteiger partial charge in [-0.05, 0) is 74.4 Å². The summed E-state index contributed by atoms with van der Waals surface area (Å²) in [7, 11) is 0. The van der Waals surface area contributed by atoms with E-state index in [4.69, 9.17) is 0 Å². The lowest BCUT2D eigenvalue weighted by Gasteiger charge is -2.24. The van der Waals surface area contributed by atoms with Gasteiger partial charge >= 0.3 is 0 Å². The van der Waals surface area contributed by atoms with Gasteiger partial charge in [-0.2, -0.15) is 5.10 Å². The number of aryl methyl sites for hydroxylation is 3. The molecule has 0 fully saturated rings. The Morgan fingerprint density at radius 3 is 2.64 bits per heavy atom. The summed E-state index contributed by atoms with van der Waals surface area (Å²) < 4.78 is 2.05. The quantitative estimate of drug-likeness (QED) is 0.730. The van der Waals surface area contributed by atoms with Crippen LogP contribution in [0.1, 0.15) is 52.4 Å². The molecule has 0 saturated heterocycles. The molecule has 0 aliphatic heterocycles. The van der Waals surface area contributed by atoms with E-state index in [1.54, 1.807) is 0 Å². The summed E-state index contributed by atoms with van der Waals surface area (Å²) in [5.74, 6) is 0.0753. The first-order chi connectivity index (χ1) is 13.5. The number of nitrogens with zero attached hydrogens (tertiary/aromatic N) is 2. The first kappa shape index (κ1) is 18.5. The van der Waals surface area contributed by atoms with Gasteiger partial charge in [0.2, 0.25) is 5.91 Å². The van der Waals surface area contributed by atoms with Crippen molar-refractivity contribution >= 4 is 5.91 Å². The number of carbonyl (C=O) groups is 1. The van der Waals surface area contributed by atoms with Crippen molar-refractivity contribution in [2.45, 2.75) is 52.5 Å². The Balaban J connectivity index is 1.56. The lowest BCUT2D eigenvalue weighted by atomic mass is 9.92. The third kappa shape index (κ3) is 3.72. The van der Waals surface area contributed by atoms with Gasteiger partial charge in [-0.15, -0.1) is 0 Å². The van der Waals surface area contributed by atoms with E-state index in [1.807, 2.05) is 24.4 Å². The van der Waals surface area contributed by atoms with Gasteiger partial charge in [-0.25, -0.2) is 4.68 Å². The molecule has 2 aromatic carbocycles. The standard InChI is InChI=1S/C24H27N3O/c1-16-11-17(2)13-20(12-16)27-23-10-6-9-22(21(23)15-25-27)26-24(28)14-19-8-5-4-7-18(19)3/h4-5,7-8,11-13,15,22H,6,9-10,14H2,1-3H3,(H,26,28)/t22-/m1/s1. The van der Waals surface area contributed by atoms with Crippen LogP contribution in [0.2, 0.25) is 0 Å². The van der Waals surface area contributed by atoms with Crippen LogP contribution in [0.3, 0.4) is 0 Å². The maximum absolute atomic E-state index is 12.7. The second-order valence-electron chi connectivity index (χ2n) is 7.92. The molecule has 28 heavy (non-hydrogen) atoms. The minimum atomic E-state index is 0.0416. The van der Waals surface area contributed by atoms with Crippen molar-refractivity contribution in [3.8, 4) is 5.69 Å². The van der Waals surface area contributed by atoms with Crippen LogP contribution < -0.4 is 5.32 Å². The fourth-order valence-corrected chi connectivity index (χ4v) is 4.23. The highest BCUT2D eigenvalue weighted by atomic mass is 16.1. The van der Waals surface area contributed by atoms with Crippen molar-refractivity contribution in [2.75, 3.05) is 0 Å². The van der Waals surface area contributed by atoms with Crippen molar-refractivity contribution in [3.63, 3.8) is 0 Å². The molecular formula is C24H27N3O. The molecule has 0 spiro atoms. The Morgan fingerprint density at radius 2 is 1.89 bits per heavy atom. The Labute approximate surface area is 166 Å². The van der Waals surface area contributed by atoms with E-state index < -0.39 is 0 Å². The summed E-state index contributed by atoms with van der Waals surface area (Å²) in [6.45, 7) is 6.28. The monoisotopic (exact) mass is 373 g/mol. The molecule has 3 aromatic rings. The number of hydrogen-bond acceptors (Lipinski definition) is 2. The van der Waals surface area contributed by atoms with Crippen LogP contribution in [0.4, 0.5) is 0 Å². The molecule has 0 bridgehead atoms. The van der Waals surface area contributed by atoms with Crippen molar-refractivity contribution in [3.05, 3.63) is 82.2 Å². The van der Waals surface area contributed by atoms with Crippen LogP contribution in [-0.2, 0) is 17.6 Å². The van der Waals surface area contributed by atoms with Crippen LogP contribution >= 0.6 is 0 Å². The minimum absolute atomic E-state index is 0.0416. The molecule has 1 N–H and O–H groups in total. The fourth-order valence-electron chi connectivity index (χ4n) is 4.23. The van der Waals surface area contributed by atoms with E-state index in [1.165, 1.54) is 16.8 Å². The van der Waals surface area contributed by atoms with E-state index in [0.29, 0.717) is 6.42 Å². The van der Waals surface area contributed by atoms with E-state index in [0.717, 1.165) is 41.6 Å². The Kier molecular flexibility index (Phi) is 5.03. The van der Waals surface area contributed by atoms with E-state index in [-0.39, 0.29) is 11.9 Å². The van der Waals surface area contributed by atoms with Gasteiger partial charge < -0.3 is 5.32 Å². The Hall–Kier alpha value is -2.88. The van der Waals surface area contributed by atoms with Gasteiger partial charge in [0.1, 0.15) is 0 Å². The molecular weight excluding hydrogens is 346 g/mol. The SMILES string of the molecule is Cc1cc(C)cc(-n2ncc3c2CCC[C@H]3NC(=O)Cc2ccccc2C)c1. The lowest BCUT2D eigenvalue weighted by molar-refractivity contribution is -0.121. The normalized spacial score (nSPS) is 15.9. The number of carbonyl (C=O) groups excluding carboxylic acids is 1. The second-order valence-corrected chi connectivity index (χ2v) is 7.92. The van der Waals surface area contributed by atoms with Crippen molar-refractivity contribution in [1.82, 2.24) is 15.1 Å². The van der Waals surface area contributed by atoms with E-state index >= 15 is 0 Å². The highest BCUT2D eigenvalue weighted by molar-refractivity contribution is 5.79. The largest absolute Gasteiger partial charge is 0.349 e. The molecule has 0 radical (unpaired) electrons. The average molecular weight is 374 g/mol. The Morgan fingerprint density at radius 1 is 1.14 bits per heavy atom. The topological polar surface area (TPSA) is 46.9 Å². The number of fused-ring (bicyclic) bond motifs is 1. The Bertz CT molecular complexity index is 998. The molecule has 1 aromatic heterocycles. The minimum Gasteiger partial charge on any atom is -0.349 e. The molecule has 0 unspecified atom stereocenters. The molecule has 4 heteroatoms. The van der Waals surface area contributed by atoms with Crippen LogP contribution in [0, 0.1) is 20.8 Å². The number of hydrogen-bond donors (Lipinski definition) is 1. The van der Waals surface area contributed by atoms with Crippen molar-refractivity contribution in [2.24, 2.45) is 0 Å². The molecule has 4 rings (SSSR count). The number of rotatable bonds is 4. The predicted octanol–water partition coefficient (Wildman–Crippen LogP) is 4.53. The zero-order chi connectivity index (χ0) is 19.7. The predicted molar refractivity (Wildman–Crippen MR) is 112 cm³/mol. The third-order valence-corrected chi connectivity index (χ3v) is 5.58.